The summed E-state index contributed by atoms with van der Waals surface area (Å²) < 4.78 is 35.5. The molecule has 0 radical (unpaired) electrons. The number of allylic oxidation sites excluding steroid dienone is 1. The van der Waals surface area contributed by atoms with E-state index in [1.165, 1.54) is 12.8 Å². The zero-order valence-electron chi connectivity index (χ0n) is 12.6. The van der Waals surface area contributed by atoms with Gasteiger partial charge in [0.1, 0.15) is 0 Å². The summed E-state index contributed by atoms with van der Waals surface area (Å²) in [7, 11) is 0. The fourth-order valence-electron chi connectivity index (χ4n) is 3.31. The molecule has 0 aromatic carbocycles. The summed E-state index contributed by atoms with van der Waals surface area (Å²) in [6.07, 6.45) is 8.33. The Kier molecular flexibility index (Phi) is 6.84. The molecule has 2 rings (SSSR count). The van der Waals surface area contributed by atoms with Crippen LogP contribution in [0.4, 0.5) is 8.78 Å². The average molecular weight is 300 g/mol. The Morgan fingerprint density at radius 3 is 2.33 bits per heavy atom. The van der Waals surface area contributed by atoms with Crippen LogP contribution in [0.15, 0.2) is 24.8 Å². The van der Waals surface area contributed by atoms with E-state index >= 15 is 0 Å². The maximum absolute atomic E-state index is 11.9. The third-order valence-corrected chi connectivity index (χ3v) is 4.67. The van der Waals surface area contributed by atoms with Gasteiger partial charge >= 0.3 is 0 Å². The summed E-state index contributed by atoms with van der Waals surface area (Å²) in [6, 6.07) is 0. The lowest BCUT2D eigenvalue weighted by Gasteiger charge is -2.37. The third-order valence-electron chi connectivity index (χ3n) is 4.67. The fraction of sp³-hybridized carbons (Fsp3) is 0.765. The highest BCUT2D eigenvalue weighted by molar-refractivity contribution is 4.84. The van der Waals surface area contributed by atoms with Gasteiger partial charge in [-0.3, -0.25) is 0 Å². The van der Waals surface area contributed by atoms with Crippen LogP contribution in [0.1, 0.15) is 44.9 Å². The van der Waals surface area contributed by atoms with Gasteiger partial charge in [-0.2, -0.15) is 8.78 Å². The normalized spacial score (nSPS) is 33.4. The number of unbranched alkanes of at least 4 members (excludes halogenated alkanes) is 1. The predicted octanol–water partition coefficient (Wildman–Crippen LogP) is 4.92. The van der Waals surface area contributed by atoms with Crippen LogP contribution in [-0.4, -0.2) is 19.5 Å². The van der Waals surface area contributed by atoms with Crippen molar-refractivity contribution in [3.63, 3.8) is 0 Å². The fourth-order valence-corrected chi connectivity index (χ4v) is 3.31. The van der Waals surface area contributed by atoms with Gasteiger partial charge in [-0.15, -0.1) is 6.58 Å². The summed E-state index contributed by atoms with van der Waals surface area (Å²) in [5.74, 6) is 1.50. The van der Waals surface area contributed by atoms with Crippen LogP contribution in [0.2, 0.25) is 0 Å². The largest absolute Gasteiger partial charge is 0.352 e. The Balaban J connectivity index is 1.62. The van der Waals surface area contributed by atoms with Gasteiger partial charge in [0.05, 0.1) is 13.2 Å². The van der Waals surface area contributed by atoms with E-state index in [9.17, 15) is 8.78 Å². The molecule has 0 spiro atoms. The van der Waals surface area contributed by atoms with Gasteiger partial charge in [-0.05, 0) is 50.5 Å². The molecule has 0 aromatic rings. The van der Waals surface area contributed by atoms with E-state index in [1.807, 2.05) is 6.08 Å². The van der Waals surface area contributed by atoms with Crippen LogP contribution in [-0.2, 0) is 9.47 Å². The number of hydrogen-bond donors (Lipinski definition) is 0. The molecule has 0 atom stereocenters. The predicted molar refractivity (Wildman–Crippen MR) is 79.0 cm³/mol. The first-order valence-electron chi connectivity index (χ1n) is 8.06. The summed E-state index contributed by atoms with van der Waals surface area (Å²) in [5.41, 5.74) is 0. The highest BCUT2D eigenvalue weighted by Crippen LogP contribution is 2.36. The smallest absolute Gasteiger partial charge is 0.266 e. The molecule has 4 heteroatoms. The van der Waals surface area contributed by atoms with Crippen LogP contribution >= 0.6 is 0 Å². The van der Waals surface area contributed by atoms with Crippen molar-refractivity contribution in [2.24, 2.45) is 17.8 Å². The van der Waals surface area contributed by atoms with E-state index in [-0.39, 0.29) is 6.29 Å². The maximum Gasteiger partial charge on any atom is 0.266 e. The van der Waals surface area contributed by atoms with Gasteiger partial charge in [0.2, 0.25) is 0 Å². The molecular formula is C17H26F2O2. The molecular weight excluding hydrogens is 274 g/mol. The average Bonchev–Trinajstić information content (AvgIpc) is 2.52. The van der Waals surface area contributed by atoms with Crippen molar-refractivity contribution in [3.8, 4) is 0 Å². The zero-order valence-corrected chi connectivity index (χ0v) is 12.6. The quantitative estimate of drug-likeness (QED) is 0.512. The molecule has 1 aliphatic heterocycles. The van der Waals surface area contributed by atoms with Crippen molar-refractivity contribution in [1.82, 2.24) is 0 Å². The van der Waals surface area contributed by atoms with E-state index in [0.717, 1.165) is 45.0 Å². The molecule has 2 fully saturated rings. The molecule has 0 N–H and O–H groups in total. The monoisotopic (exact) mass is 300 g/mol. The summed E-state index contributed by atoms with van der Waals surface area (Å²) >= 11 is 0. The highest BCUT2D eigenvalue weighted by Gasteiger charge is 2.31. The van der Waals surface area contributed by atoms with Crippen LogP contribution in [0, 0.1) is 17.8 Å². The first-order chi connectivity index (χ1) is 10.2. The molecule has 0 unspecified atom stereocenters. The van der Waals surface area contributed by atoms with Crippen LogP contribution in [0.5, 0.6) is 0 Å². The van der Waals surface area contributed by atoms with E-state index in [2.05, 4.69) is 6.58 Å². The topological polar surface area (TPSA) is 18.5 Å². The van der Waals surface area contributed by atoms with Crippen LogP contribution in [0.25, 0.3) is 0 Å². The van der Waals surface area contributed by atoms with Crippen LogP contribution < -0.4 is 0 Å². The van der Waals surface area contributed by atoms with E-state index < -0.39 is 6.08 Å². The minimum absolute atomic E-state index is 0.0503. The molecule has 0 bridgehead atoms. The first kappa shape index (κ1) is 16.6. The standard InChI is InChI=1S/C17H26F2O2/c1-2-13-11-20-17(21-12-13)15-9-7-14(8-10-15)5-3-4-6-16(18)19/h2,6,13-15,17H,1,3-5,7-12H2. The van der Waals surface area contributed by atoms with Gasteiger partial charge < -0.3 is 9.47 Å². The van der Waals surface area contributed by atoms with Crippen molar-refractivity contribution in [2.45, 2.75) is 51.2 Å². The Morgan fingerprint density at radius 2 is 1.76 bits per heavy atom. The molecule has 2 nitrogen and oxygen atoms in total. The minimum atomic E-state index is -1.55. The summed E-state index contributed by atoms with van der Waals surface area (Å²) in [5, 5.41) is 0. The minimum Gasteiger partial charge on any atom is -0.352 e. The SMILES string of the molecule is C=CC1COC(C2CCC(CCCC=C(F)F)CC2)OC1. The second-order valence-corrected chi connectivity index (χ2v) is 6.24. The third kappa shape index (κ3) is 5.51. The Hall–Kier alpha value is -0.740. The lowest BCUT2D eigenvalue weighted by molar-refractivity contribution is -0.222. The van der Waals surface area contributed by atoms with Crippen molar-refractivity contribution in [3.05, 3.63) is 24.8 Å². The van der Waals surface area contributed by atoms with Crippen LogP contribution in [0.3, 0.4) is 0 Å². The van der Waals surface area contributed by atoms with E-state index in [1.54, 1.807) is 0 Å². The van der Waals surface area contributed by atoms with Crippen molar-refractivity contribution >= 4 is 0 Å². The molecule has 0 amide bonds. The number of hydrogen-bond acceptors (Lipinski definition) is 2. The first-order valence-corrected chi connectivity index (χ1v) is 8.06. The zero-order chi connectivity index (χ0) is 15.1. The molecule has 120 valence electrons. The molecule has 1 saturated carbocycles. The maximum atomic E-state index is 11.9. The molecule has 2 aliphatic rings. The number of rotatable bonds is 6. The number of ether oxygens (including phenoxy) is 2. The van der Waals surface area contributed by atoms with Gasteiger partial charge in [0.15, 0.2) is 6.29 Å². The highest BCUT2D eigenvalue weighted by atomic mass is 19.3. The second-order valence-electron chi connectivity index (χ2n) is 6.24. The van der Waals surface area contributed by atoms with Gasteiger partial charge in [0.25, 0.3) is 6.08 Å². The van der Waals surface area contributed by atoms with Gasteiger partial charge in [-0.25, -0.2) is 0 Å². The van der Waals surface area contributed by atoms with Gasteiger partial charge in [-0.1, -0.05) is 12.5 Å². The van der Waals surface area contributed by atoms with Gasteiger partial charge in [0, 0.05) is 11.8 Å². The van der Waals surface area contributed by atoms with Crippen molar-refractivity contribution < 1.29 is 18.3 Å². The summed E-state index contributed by atoms with van der Waals surface area (Å²) in [4.78, 5) is 0. The van der Waals surface area contributed by atoms with Crippen molar-refractivity contribution in [2.75, 3.05) is 13.2 Å². The second kappa shape index (κ2) is 8.64. The summed E-state index contributed by atoms with van der Waals surface area (Å²) in [6.45, 7) is 5.20. The van der Waals surface area contributed by atoms with E-state index in [0.29, 0.717) is 24.2 Å². The lowest BCUT2D eigenvalue weighted by atomic mass is 9.79. The van der Waals surface area contributed by atoms with E-state index in [4.69, 9.17) is 9.47 Å². The molecule has 1 heterocycles. The molecule has 21 heavy (non-hydrogen) atoms. The molecule has 0 aromatic heterocycles. The molecule has 1 saturated heterocycles. The lowest BCUT2D eigenvalue weighted by Crippen LogP contribution is -2.37. The number of halogens is 2. The Bertz CT molecular complexity index is 337. The van der Waals surface area contributed by atoms with Crippen molar-refractivity contribution in [1.29, 1.82) is 0 Å². The molecule has 1 aliphatic carbocycles. The Labute approximate surface area is 126 Å². The Morgan fingerprint density at radius 1 is 1.10 bits per heavy atom.